The molecule has 1 aliphatic rings. The Hall–Kier alpha value is -1.51. The molecule has 2 N–H and O–H groups in total. The van der Waals surface area contributed by atoms with Crippen molar-refractivity contribution >= 4 is 35.8 Å². The number of nitrogens with zero attached hydrogens (tertiary/aromatic N) is 2. The van der Waals surface area contributed by atoms with Crippen LogP contribution in [-0.4, -0.2) is 49.6 Å². The van der Waals surface area contributed by atoms with Gasteiger partial charge in [0, 0.05) is 26.1 Å². The average Bonchev–Trinajstić information content (AvgIpc) is 3.21. The van der Waals surface area contributed by atoms with Crippen LogP contribution >= 0.6 is 24.0 Å². The zero-order valence-electron chi connectivity index (χ0n) is 18.2. The molecule has 29 heavy (non-hydrogen) atoms. The van der Waals surface area contributed by atoms with Crippen LogP contribution in [0.1, 0.15) is 58.6 Å². The van der Waals surface area contributed by atoms with Gasteiger partial charge in [-0.2, -0.15) is 0 Å². The molecule has 6 nitrogen and oxygen atoms in total. The summed E-state index contributed by atoms with van der Waals surface area (Å²) in [5, 5.41) is 6.68. The van der Waals surface area contributed by atoms with Gasteiger partial charge in [-0.05, 0) is 50.3 Å². The maximum absolute atomic E-state index is 12.2. The lowest BCUT2D eigenvalue weighted by Gasteiger charge is -2.19. The van der Waals surface area contributed by atoms with Gasteiger partial charge in [0.1, 0.15) is 5.75 Å². The van der Waals surface area contributed by atoms with Crippen LogP contribution in [0.5, 0.6) is 5.75 Å². The summed E-state index contributed by atoms with van der Waals surface area (Å²) in [5.74, 6) is 2.36. The van der Waals surface area contributed by atoms with Gasteiger partial charge in [-0.1, -0.05) is 26.0 Å². The van der Waals surface area contributed by atoms with Gasteiger partial charge in [0.05, 0.1) is 19.2 Å². The van der Waals surface area contributed by atoms with Crippen molar-refractivity contribution in [1.29, 1.82) is 0 Å². The molecule has 2 rings (SSSR count). The lowest BCUT2D eigenvalue weighted by atomic mass is 10.1. The minimum atomic E-state index is 0. The van der Waals surface area contributed by atoms with Gasteiger partial charge in [0.25, 0.3) is 0 Å². The predicted molar refractivity (Wildman–Crippen MR) is 130 cm³/mol. The van der Waals surface area contributed by atoms with Crippen molar-refractivity contribution in [2.24, 2.45) is 10.9 Å². The van der Waals surface area contributed by atoms with Crippen LogP contribution in [0.25, 0.3) is 0 Å². The number of nitrogens with one attached hydrogen (secondary N) is 2. The molecule has 0 bridgehead atoms. The molecule has 1 saturated heterocycles. The minimum absolute atomic E-state index is 0. The van der Waals surface area contributed by atoms with Crippen molar-refractivity contribution in [3.63, 3.8) is 0 Å². The van der Waals surface area contributed by atoms with Crippen molar-refractivity contribution in [1.82, 2.24) is 15.5 Å². The summed E-state index contributed by atoms with van der Waals surface area (Å²) < 4.78 is 5.75. The Labute approximate surface area is 192 Å². The minimum Gasteiger partial charge on any atom is -0.493 e. The number of ether oxygens (including phenoxy) is 1. The smallest absolute Gasteiger partial charge is 0.224 e. The van der Waals surface area contributed by atoms with Gasteiger partial charge in [-0.15, -0.1) is 24.0 Å². The highest BCUT2D eigenvalue weighted by Gasteiger charge is 2.17. The molecule has 1 heterocycles. The second-order valence-corrected chi connectivity index (χ2v) is 7.74. The number of rotatable bonds is 9. The molecular weight excluding hydrogens is 479 g/mol. The van der Waals surface area contributed by atoms with E-state index in [1.165, 1.54) is 0 Å². The Kier molecular flexibility index (Phi) is 12.0. The van der Waals surface area contributed by atoms with E-state index in [1.54, 1.807) is 0 Å². The summed E-state index contributed by atoms with van der Waals surface area (Å²) in [6, 6.07) is 8.27. The summed E-state index contributed by atoms with van der Waals surface area (Å²) in [6.45, 7) is 12.2. The van der Waals surface area contributed by atoms with Crippen LogP contribution in [0.15, 0.2) is 29.3 Å². The third-order valence-electron chi connectivity index (χ3n) is 4.72. The van der Waals surface area contributed by atoms with E-state index >= 15 is 0 Å². The van der Waals surface area contributed by atoms with Gasteiger partial charge >= 0.3 is 0 Å². The first-order valence-corrected chi connectivity index (χ1v) is 10.5. The largest absolute Gasteiger partial charge is 0.493 e. The van der Waals surface area contributed by atoms with E-state index in [1.807, 2.05) is 24.0 Å². The SMILES string of the molecule is CCNC(=NCCC(=O)N1CCCC1)NC(C)c1ccc(OCC(C)C)cc1.I. The normalized spacial score (nSPS) is 15.1. The van der Waals surface area contributed by atoms with Crippen molar-refractivity contribution < 1.29 is 9.53 Å². The van der Waals surface area contributed by atoms with E-state index in [-0.39, 0.29) is 35.9 Å². The van der Waals surface area contributed by atoms with E-state index in [9.17, 15) is 4.79 Å². The summed E-state index contributed by atoms with van der Waals surface area (Å²) in [4.78, 5) is 18.7. The van der Waals surface area contributed by atoms with Crippen LogP contribution in [-0.2, 0) is 4.79 Å². The van der Waals surface area contributed by atoms with Gasteiger partial charge in [0.2, 0.25) is 5.91 Å². The first kappa shape index (κ1) is 25.5. The number of amides is 1. The van der Waals surface area contributed by atoms with Crippen molar-refractivity contribution in [3.05, 3.63) is 29.8 Å². The summed E-state index contributed by atoms with van der Waals surface area (Å²) in [5.41, 5.74) is 1.16. The second kappa shape index (κ2) is 13.7. The quantitative estimate of drug-likeness (QED) is 0.296. The highest BCUT2D eigenvalue weighted by Crippen LogP contribution is 2.18. The Balaban J connectivity index is 0.00000420. The number of carbonyl (C=O) groups excluding carboxylic acids is 1. The zero-order chi connectivity index (χ0) is 20.4. The number of likely N-dealkylation sites (tertiary alicyclic amines) is 1. The zero-order valence-corrected chi connectivity index (χ0v) is 20.6. The molecule has 1 unspecified atom stereocenters. The van der Waals surface area contributed by atoms with Gasteiger partial charge in [-0.3, -0.25) is 9.79 Å². The van der Waals surface area contributed by atoms with E-state index < -0.39 is 0 Å². The number of benzene rings is 1. The Morgan fingerprint density at radius 1 is 1.17 bits per heavy atom. The number of halogens is 1. The highest BCUT2D eigenvalue weighted by molar-refractivity contribution is 14.0. The van der Waals surface area contributed by atoms with Crippen molar-refractivity contribution in [3.8, 4) is 5.75 Å². The number of hydrogen-bond donors (Lipinski definition) is 2. The van der Waals surface area contributed by atoms with E-state index in [2.05, 4.69) is 48.5 Å². The lowest BCUT2D eigenvalue weighted by molar-refractivity contribution is -0.129. The third kappa shape index (κ3) is 9.23. The first-order valence-electron chi connectivity index (χ1n) is 10.5. The molecule has 0 aromatic heterocycles. The molecule has 1 fully saturated rings. The monoisotopic (exact) mass is 516 g/mol. The Morgan fingerprint density at radius 3 is 2.41 bits per heavy atom. The molecule has 0 radical (unpaired) electrons. The molecule has 7 heteroatoms. The van der Waals surface area contributed by atoms with Gasteiger partial charge in [0.15, 0.2) is 5.96 Å². The van der Waals surface area contributed by atoms with Crippen molar-refractivity contribution in [2.45, 2.75) is 53.0 Å². The van der Waals surface area contributed by atoms with E-state index in [4.69, 9.17) is 4.74 Å². The first-order chi connectivity index (χ1) is 13.5. The summed E-state index contributed by atoms with van der Waals surface area (Å²) >= 11 is 0. The average molecular weight is 516 g/mol. The molecular formula is C22H37IN4O2. The molecule has 164 valence electrons. The fourth-order valence-corrected chi connectivity index (χ4v) is 3.11. The maximum Gasteiger partial charge on any atom is 0.224 e. The van der Waals surface area contributed by atoms with Gasteiger partial charge < -0.3 is 20.3 Å². The van der Waals surface area contributed by atoms with Gasteiger partial charge in [-0.25, -0.2) is 0 Å². The lowest BCUT2D eigenvalue weighted by Crippen LogP contribution is -2.39. The molecule has 0 spiro atoms. The topological polar surface area (TPSA) is 66.0 Å². The number of hydrogen-bond acceptors (Lipinski definition) is 3. The molecule has 1 amide bonds. The molecule has 1 aliphatic heterocycles. The number of guanidine groups is 1. The maximum atomic E-state index is 12.2. The van der Waals surface area contributed by atoms with E-state index in [0.29, 0.717) is 18.9 Å². The van der Waals surface area contributed by atoms with E-state index in [0.717, 1.165) is 56.4 Å². The Bertz CT molecular complexity index is 628. The number of carbonyl (C=O) groups is 1. The molecule has 1 atom stereocenters. The fraction of sp³-hybridized carbons (Fsp3) is 0.636. The van der Waals surface area contributed by atoms with Crippen molar-refractivity contribution in [2.75, 3.05) is 32.8 Å². The number of aliphatic imine (C=N–C) groups is 1. The molecule has 0 saturated carbocycles. The third-order valence-corrected chi connectivity index (χ3v) is 4.72. The summed E-state index contributed by atoms with van der Waals surface area (Å²) in [7, 11) is 0. The molecule has 0 aliphatic carbocycles. The standard InChI is InChI=1S/C22H36N4O2.HI/c1-5-23-22(24-13-12-21(27)26-14-6-7-15-26)25-18(4)19-8-10-20(11-9-19)28-16-17(2)3;/h8-11,17-18H,5-7,12-16H2,1-4H3,(H2,23,24,25);1H. The summed E-state index contributed by atoms with van der Waals surface area (Å²) in [6.07, 6.45) is 2.71. The van der Waals surface area contributed by atoms with Crippen LogP contribution in [0.3, 0.4) is 0 Å². The van der Waals surface area contributed by atoms with Crippen LogP contribution in [0, 0.1) is 5.92 Å². The van der Waals surface area contributed by atoms with Crippen LogP contribution in [0.2, 0.25) is 0 Å². The highest BCUT2D eigenvalue weighted by atomic mass is 127. The van der Waals surface area contributed by atoms with Crippen LogP contribution < -0.4 is 15.4 Å². The Morgan fingerprint density at radius 2 is 1.83 bits per heavy atom. The van der Waals surface area contributed by atoms with Crippen LogP contribution in [0.4, 0.5) is 0 Å². The second-order valence-electron chi connectivity index (χ2n) is 7.74. The molecule has 1 aromatic rings. The fourth-order valence-electron chi connectivity index (χ4n) is 3.11. The molecule has 1 aromatic carbocycles. The predicted octanol–water partition coefficient (Wildman–Crippen LogP) is 3.97.